The van der Waals surface area contributed by atoms with E-state index in [9.17, 15) is 0 Å². The van der Waals surface area contributed by atoms with Gasteiger partial charge in [-0.1, -0.05) is 47.5 Å². The van der Waals surface area contributed by atoms with Gasteiger partial charge in [-0.05, 0) is 31.5 Å². The van der Waals surface area contributed by atoms with Gasteiger partial charge in [0.15, 0.2) is 5.82 Å². The average molecular weight is 305 g/mol. The zero-order valence-electron chi connectivity index (χ0n) is 13.2. The smallest absolute Gasteiger partial charge is 0.244 e. The SMILES string of the molecule is Cc1ccc(CNc2nncc(Nc3ccc(C)cc3)n2)cc1. The molecule has 0 radical (unpaired) electrons. The fourth-order valence-electron chi connectivity index (χ4n) is 2.11. The number of hydrogen-bond acceptors (Lipinski definition) is 5. The Morgan fingerprint density at radius 3 is 2.22 bits per heavy atom. The summed E-state index contributed by atoms with van der Waals surface area (Å²) in [6.07, 6.45) is 1.61. The molecule has 0 fully saturated rings. The second kappa shape index (κ2) is 6.87. The average Bonchev–Trinajstić information content (AvgIpc) is 2.57. The van der Waals surface area contributed by atoms with Gasteiger partial charge in [0.2, 0.25) is 5.95 Å². The molecule has 116 valence electrons. The number of aryl methyl sites for hydroxylation is 2. The van der Waals surface area contributed by atoms with Crippen LogP contribution in [0, 0.1) is 13.8 Å². The highest BCUT2D eigenvalue weighted by Gasteiger charge is 2.01. The van der Waals surface area contributed by atoms with Gasteiger partial charge >= 0.3 is 0 Å². The van der Waals surface area contributed by atoms with Crippen molar-refractivity contribution in [3.05, 3.63) is 71.4 Å². The van der Waals surface area contributed by atoms with Gasteiger partial charge in [0.05, 0.1) is 6.20 Å². The van der Waals surface area contributed by atoms with E-state index in [2.05, 4.69) is 63.9 Å². The Balaban J connectivity index is 1.65. The third kappa shape index (κ3) is 4.26. The maximum atomic E-state index is 4.43. The van der Waals surface area contributed by atoms with E-state index < -0.39 is 0 Å². The van der Waals surface area contributed by atoms with Gasteiger partial charge < -0.3 is 10.6 Å². The van der Waals surface area contributed by atoms with Crippen molar-refractivity contribution in [2.24, 2.45) is 0 Å². The van der Waals surface area contributed by atoms with E-state index in [-0.39, 0.29) is 0 Å². The van der Waals surface area contributed by atoms with Crippen molar-refractivity contribution in [3.63, 3.8) is 0 Å². The lowest BCUT2D eigenvalue weighted by atomic mass is 10.1. The van der Waals surface area contributed by atoms with Crippen LogP contribution in [-0.4, -0.2) is 15.2 Å². The zero-order valence-corrected chi connectivity index (χ0v) is 13.2. The standard InChI is InChI=1S/C18H19N5/c1-13-3-7-15(8-4-13)11-19-18-22-17(12-20-23-18)21-16-9-5-14(2)6-10-16/h3-10,12H,11H2,1-2H3,(H2,19,21,22,23). The summed E-state index contributed by atoms with van der Waals surface area (Å²) in [5.41, 5.74) is 4.62. The number of hydrogen-bond donors (Lipinski definition) is 2. The summed E-state index contributed by atoms with van der Waals surface area (Å²) in [7, 11) is 0. The van der Waals surface area contributed by atoms with Crippen molar-refractivity contribution in [3.8, 4) is 0 Å². The fourth-order valence-corrected chi connectivity index (χ4v) is 2.11. The molecule has 3 aromatic rings. The van der Waals surface area contributed by atoms with Crippen LogP contribution in [0.25, 0.3) is 0 Å². The molecule has 0 amide bonds. The van der Waals surface area contributed by atoms with Crippen molar-refractivity contribution < 1.29 is 0 Å². The third-order valence-electron chi connectivity index (χ3n) is 3.45. The van der Waals surface area contributed by atoms with Crippen LogP contribution < -0.4 is 10.6 Å². The van der Waals surface area contributed by atoms with Crippen LogP contribution >= 0.6 is 0 Å². The minimum Gasteiger partial charge on any atom is -0.349 e. The maximum Gasteiger partial charge on any atom is 0.244 e. The molecule has 5 heteroatoms. The molecule has 2 N–H and O–H groups in total. The number of anilines is 3. The van der Waals surface area contributed by atoms with Gasteiger partial charge in [-0.15, -0.1) is 5.10 Å². The summed E-state index contributed by atoms with van der Waals surface area (Å²) in [5.74, 6) is 1.16. The Morgan fingerprint density at radius 2 is 1.52 bits per heavy atom. The number of rotatable bonds is 5. The minimum atomic E-state index is 0.502. The summed E-state index contributed by atoms with van der Waals surface area (Å²) < 4.78 is 0. The molecule has 0 spiro atoms. The van der Waals surface area contributed by atoms with Crippen molar-refractivity contribution in [1.82, 2.24) is 15.2 Å². The highest BCUT2D eigenvalue weighted by atomic mass is 15.3. The zero-order chi connectivity index (χ0) is 16.1. The van der Waals surface area contributed by atoms with Crippen molar-refractivity contribution in [1.29, 1.82) is 0 Å². The van der Waals surface area contributed by atoms with Crippen LogP contribution in [-0.2, 0) is 6.54 Å². The van der Waals surface area contributed by atoms with Crippen LogP contribution in [0.3, 0.4) is 0 Å². The van der Waals surface area contributed by atoms with E-state index in [1.165, 1.54) is 16.7 Å². The van der Waals surface area contributed by atoms with Crippen molar-refractivity contribution >= 4 is 17.5 Å². The fraction of sp³-hybridized carbons (Fsp3) is 0.167. The molecule has 0 aliphatic heterocycles. The number of aromatic nitrogens is 3. The monoisotopic (exact) mass is 305 g/mol. The Morgan fingerprint density at radius 1 is 0.870 bits per heavy atom. The van der Waals surface area contributed by atoms with Gasteiger partial charge in [-0.3, -0.25) is 0 Å². The lowest BCUT2D eigenvalue weighted by Gasteiger charge is -2.08. The highest BCUT2D eigenvalue weighted by molar-refractivity contribution is 5.56. The molecule has 0 saturated heterocycles. The summed E-state index contributed by atoms with van der Waals surface area (Å²) in [4.78, 5) is 4.43. The molecule has 3 rings (SSSR count). The summed E-state index contributed by atoms with van der Waals surface area (Å²) >= 11 is 0. The molecule has 0 bridgehead atoms. The first-order valence-corrected chi connectivity index (χ1v) is 7.52. The lowest BCUT2D eigenvalue weighted by Crippen LogP contribution is -2.06. The Bertz CT molecular complexity index is 766. The molecule has 1 heterocycles. The molecule has 0 unspecified atom stereocenters. The van der Waals surface area contributed by atoms with Crippen LogP contribution in [0.4, 0.5) is 17.5 Å². The number of nitrogens with one attached hydrogen (secondary N) is 2. The normalized spacial score (nSPS) is 10.3. The molecular formula is C18H19N5. The Labute approximate surface area is 135 Å². The van der Waals surface area contributed by atoms with Crippen molar-refractivity contribution in [2.75, 3.05) is 10.6 Å². The van der Waals surface area contributed by atoms with E-state index in [1.807, 2.05) is 24.3 Å². The Hall–Kier alpha value is -2.95. The molecule has 0 saturated carbocycles. The summed E-state index contributed by atoms with van der Waals surface area (Å²) in [5, 5.41) is 14.4. The van der Waals surface area contributed by atoms with E-state index in [1.54, 1.807) is 6.20 Å². The topological polar surface area (TPSA) is 62.7 Å². The highest BCUT2D eigenvalue weighted by Crippen LogP contribution is 2.15. The molecule has 2 aromatic carbocycles. The van der Waals surface area contributed by atoms with E-state index >= 15 is 0 Å². The number of benzene rings is 2. The van der Waals surface area contributed by atoms with E-state index in [0.717, 1.165) is 5.69 Å². The molecular weight excluding hydrogens is 286 g/mol. The first-order chi connectivity index (χ1) is 11.2. The Kier molecular flexibility index (Phi) is 4.47. The molecule has 23 heavy (non-hydrogen) atoms. The van der Waals surface area contributed by atoms with Crippen LogP contribution in [0.1, 0.15) is 16.7 Å². The van der Waals surface area contributed by atoms with Gasteiger partial charge in [0.25, 0.3) is 0 Å². The maximum absolute atomic E-state index is 4.43. The minimum absolute atomic E-state index is 0.502. The lowest BCUT2D eigenvalue weighted by molar-refractivity contribution is 0.948. The first kappa shape index (κ1) is 15.0. The van der Waals surface area contributed by atoms with Gasteiger partial charge in [0.1, 0.15) is 0 Å². The number of nitrogens with zero attached hydrogens (tertiary/aromatic N) is 3. The van der Waals surface area contributed by atoms with Gasteiger partial charge in [0, 0.05) is 12.2 Å². The largest absolute Gasteiger partial charge is 0.349 e. The van der Waals surface area contributed by atoms with Crippen LogP contribution in [0.15, 0.2) is 54.7 Å². The predicted molar refractivity (Wildman–Crippen MR) is 92.8 cm³/mol. The molecule has 1 aromatic heterocycles. The second-order valence-electron chi connectivity index (χ2n) is 5.50. The second-order valence-corrected chi connectivity index (χ2v) is 5.50. The first-order valence-electron chi connectivity index (χ1n) is 7.52. The van der Waals surface area contributed by atoms with Gasteiger partial charge in [-0.25, -0.2) is 0 Å². The van der Waals surface area contributed by atoms with E-state index in [0.29, 0.717) is 18.3 Å². The molecule has 0 aliphatic rings. The van der Waals surface area contributed by atoms with Crippen LogP contribution in [0.2, 0.25) is 0 Å². The molecule has 5 nitrogen and oxygen atoms in total. The summed E-state index contributed by atoms with van der Waals surface area (Å²) in [6.45, 7) is 4.80. The van der Waals surface area contributed by atoms with Crippen molar-refractivity contribution in [2.45, 2.75) is 20.4 Å². The molecule has 0 aliphatic carbocycles. The third-order valence-corrected chi connectivity index (χ3v) is 3.45. The summed E-state index contributed by atoms with van der Waals surface area (Å²) in [6, 6.07) is 16.5. The quantitative estimate of drug-likeness (QED) is 0.750. The molecule has 0 atom stereocenters. The van der Waals surface area contributed by atoms with Gasteiger partial charge in [-0.2, -0.15) is 10.1 Å². The van der Waals surface area contributed by atoms with E-state index in [4.69, 9.17) is 0 Å². The van der Waals surface area contributed by atoms with Crippen LogP contribution in [0.5, 0.6) is 0 Å². The predicted octanol–water partition coefficient (Wildman–Crippen LogP) is 3.84.